The van der Waals surface area contributed by atoms with Gasteiger partial charge in [0.25, 0.3) is 0 Å². The number of rotatable bonds is 2. The molecule has 0 aromatic carbocycles. The van der Waals surface area contributed by atoms with E-state index in [2.05, 4.69) is 11.1 Å². The van der Waals surface area contributed by atoms with E-state index in [4.69, 9.17) is 0 Å². The van der Waals surface area contributed by atoms with Crippen LogP contribution in [0.25, 0.3) is 0 Å². The van der Waals surface area contributed by atoms with E-state index in [0.717, 1.165) is 18.7 Å². The summed E-state index contributed by atoms with van der Waals surface area (Å²) < 4.78 is 0. The summed E-state index contributed by atoms with van der Waals surface area (Å²) in [6.45, 7) is 3.54. The second-order valence-corrected chi connectivity index (χ2v) is 5.71. The molecule has 15 heavy (non-hydrogen) atoms. The number of hydrogen-bond acceptors (Lipinski definition) is 3. The number of carbonyl (C=O) groups excluding carboxylic acids is 1. The number of carbonyl (C=O) groups is 1. The van der Waals surface area contributed by atoms with Crippen LogP contribution in [0.1, 0.15) is 19.3 Å². The Labute approximate surface area is 94.5 Å². The zero-order valence-electron chi connectivity index (χ0n) is 8.82. The van der Waals surface area contributed by atoms with Crippen molar-refractivity contribution in [2.75, 3.05) is 25.4 Å². The molecule has 2 fully saturated rings. The summed E-state index contributed by atoms with van der Waals surface area (Å²) >= 11 is 1.92. The second kappa shape index (κ2) is 3.83. The largest absolute Gasteiger partial charge is 0.306 e. The van der Waals surface area contributed by atoms with Gasteiger partial charge in [-0.2, -0.15) is 0 Å². The molecule has 3 aliphatic rings. The van der Waals surface area contributed by atoms with Crippen LogP contribution in [0.2, 0.25) is 0 Å². The quantitative estimate of drug-likeness (QED) is 0.660. The lowest BCUT2D eigenvalue weighted by Gasteiger charge is -2.41. The molecule has 4 heteroatoms. The van der Waals surface area contributed by atoms with Crippen LogP contribution in [0, 0.1) is 0 Å². The lowest BCUT2D eigenvalue weighted by molar-refractivity contribution is -0.137. The maximum Gasteiger partial charge on any atom is 0.230 e. The van der Waals surface area contributed by atoms with E-state index in [1.807, 2.05) is 16.7 Å². The van der Waals surface area contributed by atoms with Gasteiger partial charge in [0, 0.05) is 18.5 Å². The molecule has 0 unspecified atom stereocenters. The summed E-state index contributed by atoms with van der Waals surface area (Å²) in [5.41, 5.74) is 1.42. The monoisotopic (exact) mass is 224 g/mol. The van der Waals surface area contributed by atoms with E-state index in [1.165, 1.54) is 31.5 Å². The minimum atomic E-state index is 0.297. The van der Waals surface area contributed by atoms with Gasteiger partial charge in [0.05, 0.1) is 11.8 Å². The fourth-order valence-electron chi connectivity index (χ4n) is 2.45. The van der Waals surface area contributed by atoms with Crippen molar-refractivity contribution in [1.82, 2.24) is 9.80 Å². The molecule has 3 aliphatic heterocycles. The maximum atomic E-state index is 11.3. The molecule has 1 atom stereocenters. The Bertz CT molecular complexity index is 310. The van der Waals surface area contributed by atoms with Crippen LogP contribution < -0.4 is 0 Å². The molecular formula is C11H16N2OS. The van der Waals surface area contributed by atoms with Crippen LogP contribution >= 0.6 is 11.8 Å². The van der Waals surface area contributed by atoms with Crippen molar-refractivity contribution in [3.05, 3.63) is 11.8 Å². The molecule has 1 amide bonds. The van der Waals surface area contributed by atoms with Crippen molar-refractivity contribution in [3.8, 4) is 0 Å². The smallest absolute Gasteiger partial charge is 0.230 e. The molecule has 0 aromatic rings. The van der Waals surface area contributed by atoms with Crippen LogP contribution in [-0.4, -0.2) is 46.5 Å². The fourth-order valence-corrected chi connectivity index (χ4v) is 3.62. The topological polar surface area (TPSA) is 23.6 Å². The van der Waals surface area contributed by atoms with Gasteiger partial charge < -0.3 is 4.90 Å². The number of nitrogens with zero attached hydrogens (tertiary/aromatic N) is 2. The lowest BCUT2D eigenvalue weighted by atomic mass is 10.2. The first-order valence-corrected chi connectivity index (χ1v) is 6.72. The molecule has 3 rings (SSSR count). The standard InChI is InChI=1S/C11H16N2OS/c14-10-5-11-13(10)7-9(8-15-11)6-12-3-1-2-4-12/h7,11H,1-6,8H2/t11-/m1/s1. The zero-order valence-corrected chi connectivity index (χ0v) is 9.63. The second-order valence-electron chi connectivity index (χ2n) is 4.54. The number of hydrogen-bond donors (Lipinski definition) is 0. The first-order chi connectivity index (χ1) is 7.33. The predicted molar refractivity (Wildman–Crippen MR) is 61.5 cm³/mol. The highest BCUT2D eigenvalue weighted by molar-refractivity contribution is 8.00. The Morgan fingerprint density at radius 3 is 2.93 bits per heavy atom. The van der Waals surface area contributed by atoms with E-state index in [1.54, 1.807) is 0 Å². The number of amides is 1. The molecule has 0 aromatic heterocycles. The van der Waals surface area contributed by atoms with Crippen molar-refractivity contribution < 1.29 is 4.79 Å². The third-order valence-corrected chi connectivity index (χ3v) is 4.67. The van der Waals surface area contributed by atoms with Crippen molar-refractivity contribution in [2.24, 2.45) is 0 Å². The third-order valence-electron chi connectivity index (χ3n) is 3.36. The molecule has 2 saturated heterocycles. The molecular weight excluding hydrogens is 208 g/mol. The van der Waals surface area contributed by atoms with Crippen LogP contribution in [0.3, 0.4) is 0 Å². The van der Waals surface area contributed by atoms with Gasteiger partial charge in [-0.05, 0) is 31.5 Å². The highest BCUT2D eigenvalue weighted by Gasteiger charge is 2.37. The zero-order chi connectivity index (χ0) is 10.3. The summed E-state index contributed by atoms with van der Waals surface area (Å²) in [6.07, 6.45) is 5.53. The molecule has 0 radical (unpaired) electrons. The molecule has 0 saturated carbocycles. The Morgan fingerprint density at radius 2 is 2.20 bits per heavy atom. The van der Waals surface area contributed by atoms with E-state index in [0.29, 0.717) is 11.3 Å². The Kier molecular flexibility index (Phi) is 2.48. The number of fused-ring (bicyclic) bond motifs is 1. The first-order valence-electron chi connectivity index (χ1n) is 5.67. The Balaban J connectivity index is 1.63. The predicted octanol–water partition coefficient (Wildman–Crippen LogP) is 1.27. The van der Waals surface area contributed by atoms with Crippen molar-refractivity contribution in [2.45, 2.75) is 24.6 Å². The Hall–Kier alpha value is -0.480. The molecule has 0 aliphatic carbocycles. The van der Waals surface area contributed by atoms with Gasteiger partial charge >= 0.3 is 0 Å². The average Bonchev–Trinajstić information content (AvgIpc) is 2.72. The normalized spacial score (nSPS) is 31.2. The molecule has 0 N–H and O–H groups in total. The van der Waals surface area contributed by atoms with Gasteiger partial charge in [0.2, 0.25) is 5.91 Å². The minimum Gasteiger partial charge on any atom is -0.306 e. The van der Waals surface area contributed by atoms with Crippen molar-refractivity contribution in [3.63, 3.8) is 0 Å². The van der Waals surface area contributed by atoms with Crippen LogP contribution in [0.15, 0.2) is 11.8 Å². The van der Waals surface area contributed by atoms with Crippen molar-refractivity contribution >= 4 is 17.7 Å². The van der Waals surface area contributed by atoms with Crippen LogP contribution in [0.4, 0.5) is 0 Å². The van der Waals surface area contributed by atoms with Crippen molar-refractivity contribution in [1.29, 1.82) is 0 Å². The summed E-state index contributed by atoms with van der Waals surface area (Å²) in [5.74, 6) is 1.41. The number of likely N-dealkylation sites (tertiary alicyclic amines) is 1. The molecule has 3 heterocycles. The molecule has 0 spiro atoms. The number of β-lactam (4-membered cyclic amide) rings is 1. The third kappa shape index (κ3) is 1.81. The summed E-state index contributed by atoms with van der Waals surface area (Å²) in [6, 6.07) is 0. The maximum absolute atomic E-state index is 11.3. The van der Waals surface area contributed by atoms with E-state index >= 15 is 0 Å². The SMILES string of the molecule is O=C1C[C@H]2SCC(CN3CCCC3)=CN12. The number of thioether (sulfide) groups is 1. The summed E-state index contributed by atoms with van der Waals surface area (Å²) in [5, 5.41) is 0.458. The highest BCUT2D eigenvalue weighted by atomic mass is 32.2. The summed E-state index contributed by atoms with van der Waals surface area (Å²) in [7, 11) is 0. The van der Waals surface area contributed by atoms with Gasteiger partial charge in [-0.3, -0.25) is 9.69 Å². The van der Waals surface area contributed by atoms with Gasteiger partial charge in [-0.25, -0.2) is 0 Å². The summed E-state index contributed by atoms with van der Waals surface area (Å²) in [4.78, 5) is 15.7. The highest BCUT2D eigenvalue weighted by Crippen LogP contribution is 2.35. The first kappa shape index (κ1) is 9.73. The van der Waals surface area contributed by atoms with Gasteiger partial charge in [-0.1, -0.05) is 0 Å². The van der Waals surface area contributed by atoms with Crippen LogP contribution in [-0.2, 0) is 4.79 Å². The van der Waals surface area contributed by atoms with E-state index < -0.39 is 0 Å². The molecule has 82 valence electrons. The van der Waals surface area contributed by atoms with E-state index in [-0.39, 0.29) is 0 Å². The lowest BCUT2D eigenvalue weighted by Crippen LogP contribution is -2.49. The minimum absolute atomic E-state index is 0.297. The average molecular weight is 224 g/mol. The van der Waals surface area contributed by atoms with Crippen LogP contribution in [0.5, 0.6) is 0 Å². The van der Waals surface area contributed by atoms with Gasteiger partial charge in [0.1, 0.15) is 0 Å². The molecule has 0 bridgehead atoms. The fraction of sp³-hybridized carbons (Fsp3) is 0.727. The molecule has 3 nitrogen and oxygen atoms in total. The van der Waals surface area contributed by atoms with Gasteiger partial charge in [0.15, 0.2) is 0 Å². The van der Waals surface area contributed by atoms with Gasteiger partial charge in [-0.15, -0.1) is 11.8 Å². The Morgan fingerprint density at radius 1 is 1.40 bits per heavy atom. The van der Waals surface area contributed by atoms with E-state index in [9.17, 15) is 4.79 Å².